The Balaban J connectivity index is 0.00000180. The highest BCUT2D eigenvalue weighted by atomic mass is 35.5. The van der Waals surface area contributed by atoms with Gasteiger partial charge in [-0.25, -0.2) is 9.97 Å². The van der Waals surface area contributed by atoms with E-state index in [1.165, 1.54) is 4.88 Å². The fourth-order valence-electron chi connectivity index (χ4n) is 1.77. The molecule has 20 heavy (non-hydrogen) atoms. The first-order chi connectivity index (χ1) is 8.61. The van der Waals surface area contributed by atoms with Gasteiger partial charge in [0.05, 0.1) is 10.4 Å². The summed E-state index contributed by atoms with van der Waals surface area (Å²) < 4.78 is 2.11. The predicted molar refractivity (Wildman–Crippen MR) is 81.2 cm³/mol. The van der Waals surface area contributed by atoms with E-state index in [0.717, 1.165) is 11.3 Å². The van der Waals surface area contributed by atoms with Crippen LogP contribution in [-0.4, -0.2) is 27.2 Å². The maximum Gasteiger partial charge on any atom is 0.225 e. The van der Waals surface area contributed by atoms with Crippen molar-refractivity contribution in [1.82, 2.24) is 9.97 Å². The van der Waals surface area contributed by atoms with Gasteiger partial charge in [0.25, 0.3) is 0 Å². The summed E-state index contributed by atoms with van der Waals surface area (Å²) in [6.45, 7) is 4.71. The quantitative estimate of drug-likeness (QED) is 0.785. The average molecular weight is 320 g/mol. The number of nitrogens with zero attached hydrogens (tertiary/aromatic N) is 3. The summed E-state index contributed by atoms with van der Waals surface area (Å²) in [5.74, 6) is 1.22. The summed E-state index contributed by atoms with van der Waals surface area (Å²) in [4.78, 5) is 9.53. The molecular weight excluding hydrogens is 300 g/mol. The minimum atomic E-state index is 0. The molecule has 2 rings (SSSR count). The van der Waals surface area contributed by atoms with Crippen LogP contribution in [-0.2, 0) is 13.0 Å². The lowest BCUT2D eigenvalue weighted by Gasteiger charge is -2.01. The monoisotopic (exact) mass is 319 g/mol. The Morgan fingerprint density at radius 1 is 1.40 bits per heavy atom. The third-order valence-corrected chi connectivity index (χ3v) is 4.00. The van der Waals surface area contributed by atoms with Gasteiger partial charge in [0.1, 0.15) is 11.6 Å². The van der Waals surface area contributed by atoms with Gasteiger partial charge in [0.2, 0.25) is 5.51 Å². The number of aliphatic hydroxyl groups is 1. The number of aliphatic hydroxyl groups excluding tert-OH is 1. The fraction of sp³-hybridized carbons (Fsp3) is 0.417. The molecule has 0 saturated carbocycles. The minimum Gasteiger partial charge on any atom is -0.412 e. The smallest absolute Gasteiger partial charge is 0.225 e. The lowest BCUT2D eigenvalue weighted by molar-refractivity contribution is -0.689. The molecule has 0 aliphatic carbocycles. The zero-order chi connectivity index (χ0) is 13.1. The number of aryl methyl sites for hydroxylation is 1. The molecule has 0 spiro atoms. The molecule has 0 saturated heterocycles. The molecule has 0 unspecified atom stereocenters. The number of hydrogen-bond donors (Lipinski definition) is 2. The molecule has 0 aliphatic rings. The maximum atomic E-state index is 8.98. The summed E-state index contributed by atoms with van der Waals surface area (Å²) in [7, 11) is 0. The maximum absolute atomic E-state index is 8.98. The molecule has 0 amide bonds. The number of aromatic nitrogens is 3. The second kappa shape index (κ2) is 8.11. The summed E-state index contributed by atoms with van der Waals surface area (Å²) in [6, 6.07) is 0. The van der Waals surface area contributed by atoms with Crippen molar-refractivity contribution in [2.75, 3.05) is 12.3 Å². The van der Waals surface area contributed by atoms with Crippen LogP contribution in [0.4, 0.5) is 5.82 Å². The SMILES string of the molecule is Cc1ncc(C[n+]2csc(CCO)c2C)c(N)n1.Cl.O. The normalized spacial score (nSPS) is 9.75. The van der Waals surface area contributed by atoms with Gasteiger partial charge >= 0.3 is 0 Å². The summed E-state index contributed by atoms with van der Waals surface area (Å²) in [6.07, 6.45) is 2.47. The van der Waals surface area contributed by atoms with Gasteiger partial charge in [-0.3, -0.25) is 0 Å². The molecule has 2 aromatic heterocycles. The lowest BCUT2D eigenvalue weighted by Crippen LogP contribution is -2.35. The van der Waals surface area contributed by atoms with Crippen molar-refractivity contribution < 1.29 is 15.1 Å². The van der Waals surface area contributed by atoms with Crippen LogP contribution >= 0.6 is 23.7 Å². The molecule has 5 N–H and O–H groups in total. The van der Waals surface area contributed by atoms with E-state index in [2.05, 4.69) is 14.5 Å². The zero-order valence-corrected chi connectivity index (χ0v) is 13.1. The topological polar surface area (TPSA) is 107 Å². The van der Waals surface area contributed by atoms with Gasteiger partial charge in [-0.05, 0) is 6.92 Å². The molecule has 0 aromatic carbocycles. The molecule has 0 radical (unpaired) electrons. The van der Waals surface area contributed by atoms with E-state index in [9.17, 15) is 0 Å². The van der Waals surface area contributed by atoms with Gasteiger partial charge in [0, 0.05) is 26.1 Å². The van der Waals surface area contributed by atoms with Gasteiger partial charge in [0.15, 0.2) is 12.2 Å². The number of nitrogen functional groups attached to an aromatic ring is 1. The van der Waals surface area contributed by atoms with Crippen molar-refractivity contribution in [3.05, 3.63) is 33.7 Å². The van der Waals surface area contributed by atoms with Crippen LogP contribution in [0.3, 0.4) is 0 Å². The molecule has 8 heteroatoms. The number of thiazole rings is 1. The molecule has 2 heterocycles. The van der Waals surface area contributed by atoms with E-state index < -0.39 is 0 Å². The Kier molecular flexibility index (Phi) is 7.59. The number of halogens is 1. The third kappa shape index (κ3) is 4.11. The molecule has 0 fully saturated rings. The van der Waals surface area contributed by atoms with Crippen LogP contribution in [0.5, 0.6) is 0 Å². The highest BCUT2D eigenvalue weighted by Gasteiger charge is 2.16. The number of hydrogen-bond acceptors (Lipinski definition) is 5. The largest absolute Gasteiger partial charge is 0.412 e. The second-order valence-electron chi connectivity index (χ2n) is 4.16. The van der Waals surface area contributed by atoms with E-state index in [-0.39, 0.29) is 24.5 Å². The Morgan fingerprint density at radius 2 is 2.10 bits per heavy atom. The van der Waals surface area contributed by atoms with Crippen molar-refractivity contribution in [2.24, 2.45) is 0 Å². The van der Waals surface area contributed by atoms with Crippen molar-refractivity contribution in [2.45, 2.75) is 26.8 Å². The number of anilines is 1. The Bertz CT molecular complexity index is 562. The Morgan fingerprint density at radius 3 is 2.70 bits per heavy atom. The van der Waals surface area contributed by atoms with Crippen LogP contribution in [0.25, 0.3) is 0 Å². The van der Waals surface area contributed by atoms with Crippen LogP contribution in [0.2, 0.25) is 0 Å². The van der Waals surface area contributed by atoms with Crippen molar-refractivity contribution in [1.29, 1.82) is 0 Å². The van der Waals surface area contributed by atoms with E-state index in [4.69, 9.17) is 10.8 Å². The standard InChI is InChI=1S/C12H17N4OS.ClH.H2O/c1-8-11(3-4-17)18-7-16(8)6-10-5-14-9(2)15-12(10)13;;/h5,7,17H,3-4,6H2,1-2H3,(H2,13,14,15);1H;1H2/q+1;;. The van der Waals surface area contributed by atoms with Crippen LogP contribution in [0, 0.1) is 13.8 Å². The zero-order valence-electron chi connectivity index (χ0n) is 11.5. The van der Waals surface area contributed by atoms with Gasteiger partial charge in [-0.1, -0.05) is 11.3 Å². The van der Waals surface area contributed by atoms with Gasteiger partial charge in [-0.2, -0.15) is 4.57 Å². The molecule has 112 valence electrons. The van der Waals surface area contributed by atoms with E-state index in [1.807, 2.05) is 19.4 Å². The minimum absolute atomic E-state index is 0. The molecular formula is C12H20ClN4O2S+. The molecule has 0 aliphatic heterocycles. The van der Waals surface area contributed by atoms with Crippen LogP contribution in [0.1, 0.15) is 22.0 Å². The van der Waals surface area contributed by atoms with E-state index in [1.54, 1.807) is 17.5 Å². The van der Waals surface area contributed by atoms with Crippen LogP contribution < -0.4 is 10.3 Å². The predicted octanol–water partition coefficient (Wildman–Crippen LogP) is 0.205. The summed E-state index contributed by atoms with van der Waals surface area (Å²) in [5.41, 5.74) is 10.0. The first-order valence-electron chi connectivity index (χ1n) is 5.77. The first kappa shape index (κ1) is 18.7. The van der Waals surface area contributed by atoms with E-state index >= 15 is 0 Å². The molecule has 0 atom stereocenters. The number of rotatable bonds is 4. The Labute approximate surface area is 128 Å². The van der Waals surface area contributed by atoms with E-state index in [0.29, 0.717) is 24.6 Å². The molecule has 6 nitrogen and oxygen atoms in total. The summed E-state index contributed by atoms with van der Waals surface area (Å²) >= 11 is 1.65. The fourth-order valence-corrected chi connectivity index (χ4v) is 2.75. The van der Waals surface area contributed by atoms with Gasteiger partial charge < -0.3 is 16.3 Å². The number of nitrogens with two attached hydrogens (primary N) is 1. The van der Waals surface area contributed by atoms with Crippen LogP contribution in [0.15, 0.2) is 11.7 Å². The van der Waals surface area contributed by atoms with Crippen molar-refractivity contribution in [3.63, 3.8) is 0 Å². The average Bonchev–Trinajstić information content (AvgIpc) is 2.66. The third-order valence-electron chi connectivity index (χ3n) is 2.85. The lowest BCUT2D eigenvalue weighted by atomic mass is 10.2. The Hall–Kier alpha value is -1.28. The van der Waals surface area contributed by atoms with Gasteiger partial charge in [-0.15, -0.1) is 12.4 Å². The molecule has 2 aromatic rings. The van der Waals surface area contributed by atoms with Crippen molar-refractivity contribution >= 4 is 29.6 Å². The summed E-state index contributed by atoms with van der Waals surface area (Å²) in [5, 5.41) is 8.98. The van der Waals surface area contributed by atoms with Crippen molar-refractivity contribution in [3.8, 4) is 0 Å². The highest BCUT2D eigenvalue weighted by Crippen LogP contribution is 2.13. The first-order valence-corrected chi connectivity index (χ1v) is 6.65. The highest BCUT2D eigenvalue weighted by molar-refractivity contribution is 7.09. The molecule has 0 bridgehead atoms. The second-order valence-corrected chi connectivity index (χ2v) is 5.10.